The molecule has 0 saturated carbocycles. The molecule has 0 radical (unpaired) electrons. The second kappa shape index (κ2) is 7.64. The molecule has 1 fully saturated rings. The van der Waals surface area contributed by atoms with Crippen molar-refractivity contribution in [3.63, 3.8) is 0 Å². The lowest BCUT2D eigenvalue weighted by molar-refractivity contribution is 0.197. The van der Waals surface area contributed by atoms with Crippen molar-refractivity contribution in [3.05, 3.63) is 54.9 Å². The second-order valence-corrected chi connectivity index (χ2v) is 7.13. The topological polar surface area (TPSA) is 93.4 Å². The number of hydrogen-bond donors (Lipinski definition) is 1. The quantitative estimate of drug-likeness (QED) is 0.541. The summed E-state index contributed by atoms with van der Waals surface area (Å²) in [6.45, 7) is 1.90. The Morgan fingerprint density at radius 1 is 1.10 bits per heavy atom. The Hall–Kier alpha value is -3.66. The first-order chi connectivity index (χ1) is 14.7. The number of aromatic nitrogens is 6. The van der Waals surface area contributed by atoms with Crippen LogP contribution in [0.2, 0.25) is 0 Å². The molecular weight excluding hydrogens is 387 g/mol. The zero-order valence-corrected chi connectivity index (χ0v) is 16.2. The van der Waals surface area contributed by atoms with Gasteiger partial charge in [-0.05, 0) is 31.7 Å². The lowest BCUT2D eigenvalue weighted by Crippen LogP contribution is -2.22. The van der Waals surface area contributed by atoms with Crippen molar-refractivity contribution in [2.24, 2.45) is 0 Å². The maximum atomic E-state index is 13.7. The number of nitrogens with one attached hydrogen (secondary N) is 1. The smallest absolute Gasteiger partial charge is 0.232 e. The number of rotatable bonds is 5. The minimum atomic E-state index is -0.475. The Labute approximate surface area is 171 Å². The summed E-state index contributed by atoms with van der Waals surface area (Å²) in [5.74, 6) is 0.387. The first kappa shape index (κ1) is 18.4. The van der Waals surface area contributed by atoms with E-state index in [0.717, 1.165) is 30.8 Å². The molecule has 0 bridgehead atoms. The van der Waals surface area contributed by atoms with Crippen LogP contribution in [0.5, 0.6) is 5.88 Å². The Balaban J connectivity index is 1.38. The molecule has 30 heavy (non-hydrogen) atoms. The highest BCUT2D eigenvalue weighted by Crippen LogP contribution is 2.22. The van der Waals surface area contributed by atoms with E-state index in [-0.39, 0.29) is 17.9 Å². The molecule has 1 saturated heterocycles. The summed E-state index contributed by atoms with van der Waals surface area (Å²) in [6, 6.07) is 6.53. The Morgan fingerprint density at radius 2 is 1.97 bits per heavy atom. The van der Waals surface area contributed by atoms with E-state index in [4.69, 9.17) is 4.74 Å². The van der Waals surface area contributed by atoms with E-state index in [1.165, 1.54) is 18.3 Å². The largest absolute Gasteiger partial charge is 0.472 e. The first-order valence-electron chi connectivity index (χ1n) is 9.56. The Kier molecular flexibility index (Phi) is 4.68. The zero-order valence-electron chi connectivity index (χ0n) is 16.2. The summed E-state index contributed by atoms with van der Waals surface area (Å²) in [6.07, 6.45) is 7.56. The van der Waals surface area contributed by atoms with Gasteiger partial charge in [0.25, 0.3) is 0 Å². The average Bonchev–Trinajstić information content (AvgIpc) is 3.36. The number of anilines is 2. The van der Waals surface area contributed by atoms with Gasteiger partial charge in [-0.3, -0.25) is 0 Å². The Bertz CT molecular complexity index is 1180. The predicted molar refractivity (Wildman–Crippen MR) is 108 cm³/mol. The van der Waals surface area contributed by atoms with Crippen LogP contribution >= 0.6 is 0 Å². The molecular formula is C20H19FN8O. The van der Waals surface area contributed by atoms with E-state index in [0.29, 0.717) is 11.5 Å². The van der Waals surface area contributed by atoms with Crippen molar-refractivity contribution in [3.8, 4) is 17.1 Å². The summed E-state index contributed by atoms with van der Waals surface area (Å²) >= 11 is 0. The minimum Gasteiger partial charge on any atom is -0.472 e. The SMILES string of the molecule is CN1CC[C@H](Oc2ccc3ncc(-c4cnc(Nc5ncccc5F)nc4)n3n2)C1. The summed E-state index contributed by atoms with van der Waals surface area (Å²) in [5.41, 5.74) is 2.15. The maximum Gasteiger partial charge on any atom is 0.232 e. The third-order valence-electron chi connectivity index (χ3n) is 4.91. The average molecular weight is 406 g/mol. The predicted octanol–water partition coefficient (Wildman–Crippen LogP) is 2.55. The summed E-state index contributed by atoms with van der Waals surface area (Å²) < 4.78 is 21.5. The van der Waals surface area contributed by atoms with Gasteiger partial charge in [0.1, 0.15) is 6.10 Å². The molecule has 0 unspecified atom stereocenters. The molecule has 10 heteroatoms. The molecule has 4 aromatic rings. The molecule has 0 spiro atoms. The highest BCUT2D eigenvalue weighted by atomic mass is 19.1. The number of nitrogens with zero attached hydrogens (tertiary/aromatic N) is 7. The van der Waals surface area contributed by atoms with E-state index in [1.54, 1.807) is 23.1 Å². The highest BCUT2D eigenvalue weighted by Gasteiger charge is 2.21. The van der Waals surface area contributed by atoms with Gasteiger partial charge in [0.2, 0.25) is 11.8 Å². The first-order valence-corrected chi connectivity index (χ1v) is 9.56. The van der Waals surface area contributed by atoms with E-state index in [9.17, 15) is 4.39 Å². The fourth-order valence-corrected chi connectivity index (χ4v) is 3.39. The van der Waals surface area contributed by atoms with Crippen LogP contribution in [0.4, 0.5) is 16.2 Å². The van der Waals surface area contributed by atoms with Crippen LogP contribution in [0, 0.1) is 5.82 Å². The lowest BCUT2D eigenvalue weighted by Gasteiger charge is -2.13. The van der Waals surface area contributed by atoms with E-state index < -0.39 is 5.82 Å². The fourth-order valence-electron chi connectivity index (χ4n) is 3.39. The van der Waals surface area contributed by atoms with Gasteiger partial charge in [0.15, 0.2) is 17.3 Å². The molecule has 9 nitrogen and oxygen atoms in total. The molecule has 4 aromatic heterocycles. The summed E-state index contributed by atoms with van der Waals surface area (Å²) in [7, 11) is 2.08. The van der Waals surface area contributed by atoms with Gasteiger partial charge in [-0.1, -0.05) is 0 Å². The van der Waals surface area contributed by atoms with Crippen molar-refractivity contribution < 1.29 is 9.13 Å². The van der Waals surface area contributed by atoms with Gasteiger partial charge in [0, 0.05) is 43.3 Å². The summed E-state index contributed by atoms with van der Waals surface area (Å²) in [5, 5.41) is 7.35. The zero-order chi connectivity index (χ0) is 20.5. The maximum absolute atomic E-state index is 13.7. The molecule has 0 amide bonds. The number of fused-ring (bicyclic) bond motifs is 1. The van der Waals surface area contributed by atoms with Gasteiger partial charge in [-0.15, -0.1) is 5.10 Å². The normalized spacial score (nSPS) is 16.8. The monoisotopic (exact) mass is 406 g/mol. The molecule has 5 heterocycles. The number of ether oxygens (including phenoxy) is 1. The van der Waals surface area contributed by atoms with Crippen LogP contribution in [0.3, 0.4) is 0 Å². The number of pyridine rings is 1. The van der Waals surface area contributed by atoms with Crippen LogP contribution in [-0.2, 0) is 0 Å². The van der Waals surface area contributed by atoms with Crippen molar-refractivity contribution in [2.75, 3.05) is 25.5 Å². The van der Waals surface area contributed by atoms with E-state index in [2.05, 4.69) is 42.3 Å². The van der Waals surface area contributed by atoms with E-state index >= 15 is 0 Å². The molecule has 1 atom stereocenters. The minimum absolute atomic E-state index is 0.0704. The standard InChI is InChI=1S/C20H19FN8O/c1-28-8-6-14(12-28)30-18-5-4-17-23-11-16(29(17)27-18)13-9-24-20(25-10-13)26-19-15(21)3-2-7-22-19/h2-5,7,9-11,14H,6,8,12H2,1H3,(H,22,24,25,26)/t14-/m0/s1. The van der Waals surface area contributed by atoms with Crippen LogP contribution in [0.1, 0.15) is 6.42 Å². The van der Waals surface area contributed by atoms with Gasteiger partial charge in [-0.2, -0.15) is 0 Å². The fraction of sp³-hybridized carbons (Fsp3) is 0.250. The van der Waals surface area contributed by atoms with Gasteiger partial charge < -0.3 is 15.0 Å². The molecule has 5 rings (SSSR count). The van der Waals surface area contributed by atoms with Gasteiger partial charge in [0.05, 0.1) is 11.9 Å². The van der Waals surface area contributed by atoms with Crippen LogP contribution in [-0.4, -0.2) is 60.7 Å². The third-order valence-corrected chi connectivity index (χ3v) is 4.91. The number of likely N-dealkylation sites (tertiary alicyclic amines) is 1. The molecule has 1 N–H and O–H groups in total. The van der Waals surface area contributed by atoms with Crippen molar-refractivity contribution in [1.82, 2.24) is 34.4 Å². The summed E-state index contributed by atoms with van der Waals surface area (Å²) in [4.78, 5) is 19.1. The Morgan fingerprint density at radius 3 is 2.73 bits per heavy atom. The molecule has 0 aromatic carbocycles. The van der Waals surface area contributed by atoms with Crippen molar-refractivity contribution in [1.29, 1.82) is 0 Å². The van der Waals surface area contributed by atoms with Gasteiger partial charge >= 0.3 is 0 Å². The van der Waals surface area contributed by atoms with Crippen LogP contribution in [0.25, 0.3) is 16.9 Å². The second-order valence-electron chi connectivity index (χ2n) is 7.13. The lowest BCUT2D eigenvalue weighted by atomic mass is 10.3. The number of hydrogen-bond acceptors (Lipinski definition) is 8. The van der Waals surface area contributed by atoms with Crippen LogP contribution in [0.15, 0.2) is 49.1 Å². The van der Waals surface area contributed by atoms with Crippen LogP contribution < -0.4 is 10.1 Å². The van der Waals surface area contributed by atoms with E-state index in [1.807, 2.05) is 12.1 Å². The number of likely N-dealkylation sites (N-methyl/N-ethyl adjacent to an activating group) is 1. The molecule has 0 aliphatic carbocycles. The van der Waals surface area contributed by atoms with Crippen molar-refractivity contribution in [2.45, 2.75) is 12.5 Å². The highest BCUT2D eigenvalue weighted by molar-refractivity contribution is 5.62. The molecule has 1 aliphatic heterocycles. The third kappa shape index (κ3) is 3.64. The number of halogens is 1. The molecule has 1 aliphatic rings. The number of imidazole rings is 1. The van der Waals surface area contributed by atoms with Gasteiger partial charge in [-0.25, -0.2) is 28.8 Å². The van der Waals surface area contributed by atoms with Crippen molar-refractivity contribution >= 4 is 17.4 Å². The molecule has 152 valence electrons.